The minimum atomic E-state index is 0.295. The lowest BCUT2D eigenvalue weighted by Crippen LogP contribution is -2.51. The number of piperazine rings is 1. The third-order valence-corrected chi connectivity index (χ3v) is 6.58. The van der Waals surface area contributed by atoms with Crippen molar-refractivity contribution in [3.63, 3.8) is 0 Å². The molecule has 0 spiro atoms. The van der Waals surface area contributed by atoms with Crippen LogP contribution in [0.25, 0.3) is 0 Å². The largest absolute Gasteiger partial charge is 0.340 e. The Balaban J connectivity index is 1.37. The predicted octanol–water partition coefficient (Wildman–Crippen LogP) is 3.64. The molecule has 0 radical (unpaired) electrons. The van der Waals surface area contributed by atoms with E-state index in [1.54, 1.807) is 0 Å². The second-order valence-electron chi connectivity index (χ2n) is 8.68. The molecule has 152 valence electrons. The number of rotatable bonds is 7. The molecule has 1 saturated carbocycles. The molecular weight excluding hydrogens is 336 g/mol. The van der Waals surface area contributed by atoms with Gasteiger partial charge in [0.1, 0.15) is 0 Å². The van der Waals surface area contributed by atoms with Gasteiger partial charge >= 0.3 is 0 Å². The van der Waals surface area contributed by atoms with E-state index in [1.165, 1.54) is 37.8 Å². The lowest BCUT2D eigenvalue weighted by atomic mass is 9.79. The predicted molar refractivity (Wildman–Crippen MR) is 110 cm³/mol. The van der Waals surface area contributed by atoms with Crippen LogP contribution in [-0.4, -0.2) is 58.2 Å². The van der Waals surface area contributed by atoms with Crippen LogP contribution in [-0.2, 0) is 11.3 Å². The first-order valence-electron chi connectivity index (χ1n) is 11.1. The van der Waals surface area contributed by atoms with E-state index in [0.29, 0.717) is 11.8 Å². The molecule has 1 amide bonds. The third-order valence-electron chi connectivity index (χ3n) is 6.58. The quantitative estimate of drug-likeness (QED) is 0.732. The maximum Gasteiger partial charge on any atom is 0.225 e. The molecule has 0 aromatic carbocycles. The van der Waals surface area contributed by atoms with Crippen molar-refractivity contribution in [3.05, 3.63) is 17.5 Å². The van der Waals surface area contributed by atoms with E-state index < -0.39 is 0 Å². The molecule has 27 heavy (non-hydrogen) atoms. The van der Waals surface area contributed by atoms with Crippen LogP contribution < -0.4 is 0 Å². The molecule has 0 unspecified atom stereocenters. The van der Waals surface area contributed by atoms with Gasteiger partial charge < -0.3 is 4.90 Å². The maximum atomic E-state index is 12.9. The molecule has 5 heteroatoms. The average molecular weight is 375 g/mol. The van der Waals surface area contributed by atoms with E-state index in [1.807, 2.05) is 6.92 Å². The summed E-state index contributed by atoms with van der Waals surface area (Å²) in [6.45, 7) is 12.2. The van der Waals surface area contributed by atoms with Gasteiger partial charge in [0.05, 0.1) is 12.2 Å². The molecule has 0 atom stereocenters. The zero-order chi connectivity index (χ0) is 19.2. The van der Waals surface area contributed by atoms with E-state index in [2.05, 4.69) is 39.5 Å². The fourth-order valence-corrected chi connectivity index (χ4v) is 4.78. The molecule has 3 rings (SSSR count). The molecule has 2 fully saturated rings. The van der Waals surface area contributed by atoms with Gasteiger partial charge in [-0.05, 0) is 51.5 Å². The Morgan fingerprint density at radius 2 is 1.78 bits per heavy atom. The van der Waals surface area contributed by atoms with Crippen molar-refractivity contribution >= 4 is 5.91 Å². The highest BCUT2D eigenvalue weighted by Gasteiger charge is 2.30. The number of unbranched alkanes of at least 4 members (excludes halogenated alkanes) is 1. The first kappa shape index (κ1) is 20.4. The van der Waals surface area contributed by atoms with E-state index in [9.17, 15) is 4.79 Å². The summed E-state index contributed by atoms with van der Waals surface area (Å²) in [5, 5.41) is 4.55. The minimum Gasteiger partial charge on any atom is -0.340 e. The lowest BCUT2D eigenvalue weighted by Gasteiger charge is -2.38. The number of amides is 1. The Morgan fingerprint density at radius 3 is 2.37 bits per heavy atom. The summed E-state index contributed by atoms with van der Waals surface area (Å²) in [4.78, 5) is 17.5. The highest BCUT2D eigenvalue weighted by atomic mass is 16.2. The first-order valence-corrected chi connectivity index (χ1v) is 11.1. The van der Waals surface area contributed by atoms with Gasteiger partial charge in [-0.25, -0.2) is 0 Å². The van der Waals surface area contributed by atoms with Crippen LogP contribution in [0.15, 0.2) is 6.07 Å². The summed E-state index contributed by atoms with van der Waals surface area (Å²) < 4.78 is 2.10. The van der Waals surface area contributed by atoms with Crippen LogP contribution in [0.5, 0.6) is 0 Å². The Hall–Kier alpha value is -1.36. The molecule has 1 aliphatic carbocycles. The van der Waals surface area contributed by atoms with Crippen molar-refractivity contribution in [3.8, 4) is 0 Å². The maximum absolute atomic E-state index is 12.9. The summed E-state index contributed by atoms with van der Waals surface area (Å²) in [6.07, 6.45) is 8.77. The number of carbonyl (C=O) groups excluding carboxylic acids is 1. The minimum absolute atomic E-state index is 0.295. The first-order chi connectivity index (χ1) is 13.1. The monoisotopic (exact) mass is 374 g/mol. The fraction of sp³-hybridized carbons (Fsp3) is 0.818. The van der Waals surface area contributed by atoms with Crippen molar-refractivity contribution in [2.75, 3.05) is 32.7 Å². The van der Waals surface area contributed by atoms with Crippen molar-refractivity contribution in [1.82, 2.24) is 19.6 Å². The number of nitrogens with zero attached hydrogens (tertiary/aromatic N) is 4. The van der Waals surface area contributed by atoms with Gasteiger partial charge in [-0.1, -0.05) is 26.2 Å². The number of hydrogen-bond acceptors (Lipinski definition) is 3. The second kappa shape index (κ2) is 9.72. The molecule has 2 heterocycles. The molecule has 1 saturated heterocycles. The highest BCUT2D eigenvalue weighted by molar-refractivity contribution is 5.79. The second-order valence-corrected chi connectivity index (χ2v) is 8.68. The number of aromatic nitrogens is 2. The van der Waals surface area contributed by atoms with Gasteiger partial charge in [0.15, 0.2) is 0 Å². The van der Waals surface area contributed by atoms with Crippen LogP contribution in [0.1, 0.15) is 63.3 Å². The smallest absolute Gasteiger partial charge is 0.225 e. The number of hydrogen-bond donors (Lipinski definition) is 0. The third kappa shape index (κ3) is 5.56. The average Bonchev–Trinajstić information content (AvgIpc) is 3.02. The van der Waals surface area contributed by atoms with Gasteiger partial charge in [-0.3, -0.25) is 14.4 Å². The zero-order valence-corrected chi connectivity index (χ0v) is 17.6. The van der Waals surface area contributed by atoms with E-state index >= 15 is 0 Å². The molecule has 2 aliphatic rings. The Labute approximate surface area is 165 Å². The van der Waals surface area contributed by atoms with Gasteiger partial charge in [-0.2, -0.15) is 5.10 Å². The standard InChI is InChI=1S/C22H38N4O/c1-4-5-6-20-7-9-21(10-8-20)22(27)25-14-11-24(12-15-25)13-16-26-19(3)17-18(2)23-26/h17,20-21H,4-16H2,1-3H3. The highest BCUT2D eigenvalue weighted by Crippen LogP contribution is 2.33. The molecule has 1 aromatic heterocycles. The molecule has 0 bridgehead atoms. The van der Waals surface area contributed by atoms with Crippen molar-refractivity contribution < 1.29 is 4.79 Å². The summed E-state index contributed by atoms with van der Waals surface area (Å²) in [5.74, 6) is 1.60. The molecule has 5 nitrogen and oxygen atoms in total. The zero-order valence-electron chi connectivity index (χ0n) is 17.6. The number of carbonyl (C=O) groups is 1. The number of aryl methyl sites for hydroxylation is 2. The normalized spacial score (nSPS) is 24.3. The molecule has 1 aromatic rings. The molecule has 0 N–H and O–H groups in total. The van der Waals surface area contributed by atoms with Crippen LogP contribution >= 0.6 is 0 Å². The van der Waals surface area contributed by atoms with E-state index in [0.717, 1.165) is 63.7 Å². The summed E-state index contributed by atoms with van der Waals surface area (Å²) >= 11 is 0. The Morgan fingerprint density at radius 1 is 1.07 bits per heavy atom. The molecule has 1 aliphatic heterocycles. The fourth-order valence-electron chi connectivity index (χ4n) is 4.78. The summed E-state index contributed by atoms with van der Waals surface area (Å²) in [7, 11) is 0. The van der Waals surface area contributed by atoms with Gasteiger partial charge in [-0.15, -0.1) is 0 Å². The molecular formula is C22H38N4O. The van der Waals surface area contributed by atoms with Crippen LogP contribution in [0, 0.1) is 25.7 Å². The van der Waals surface area contributed by atoms with Crippen LogP contribution in [0.3, 0.4) is 0 Å². The van der Waals surface area contributed by atoms with E-state index in [4.69, 9.17) is 0 Å². The SMILES string of the molecule is CCCCC1CCC(C(=O)N2CCN(CCn3nc(C)cc3C)CC2)CC1. The van der Waals surface area contributed by atoms with Gasteiger partial charge in [0.2, 0.25) is 5.91 Å². The van der Waals surface area contributed by atoms with Gasteiger partial charge in [0.25, 0.3) is 0 Å². The Kier molecular flexibility index (Phi) is 7.33. The van der Waals surface area contributed by atoms with E-state index in [-0.39, 0.29) is 0 Å². The van der Waals surface area contributed by atoms with Crippen molar-refractivity contribution in [2.45, 2.75) is 72.3 Å². The topological polar surface area (TPSA) is 41.4 Å². The lowest BCUT2D eigenvalue weighted by molar-refractivity contribution is -0.138. The van der Waals surface area contributed by atoms with Gasteiger partial charge in [0, 0.05) is 44.3 Å². The van der Waals surface area contributed by atoms with Crippen LogP contribution in [0.4, 0.5) is 0 Å². The van der Waals surface area contributed by atoms with Crippen LogP contribution in [0.2, 0.25) is 0 Å². The summed E-state index contributed by atoms with van der Waals surface area (Å²) in [5.41, 5.74) is 2.32. The summed E-state index contributed by atoms with van der Waals surface area (Å²) in [6, 6.07) is 2.13. The Bertz CT molecular complexity index is 595. The van der Waals surface area contributed by atoms with Crippen molar-refractivity contribution in [1.29, 1.82) is 0 Å². The van der Waals surface area contributed by atoms with Crippen molar-refractivity contribution in [2.24, 2.45) is 11.8 Å².